The standard InChI is InChI=1S/C11H7BrF3N3O2/c12-7-4-2-1-3-6(7)5-18-9(11(13,14)15)8(10(19)20)16-17-18/h1-4H,5H2,(H,19,20). The molecule has 1 aromatic carbocycles. The zero-order valence-electron chi connectivity index (χ0n) is 9.73. The lowest BCUT2D eigenvalue weighted by atomic mass is 10.2. The third-order valence-corrected chi connectivity index (χ3v) is 3.26. The minimum absolute atomic E-state index is 0.240. The highest BCUT2D eigenvalue weighted by Gasteiger charge is 2.41. The number of alkyl halides is 3. The van der Waals surface area contributed by atoms with Crippen LogP contribution in [-0.2, 0) is 12.7 Å². The van der Waals surface area contributed by atoms with Crippen molar-refractivity contribution in [1.82, 2.24) is 15.0 Å². The van der Waals surface area contributed by atoms with Gasteiger partial charge in [-0.3, -0.25) is 0 Å². The smallest absolute Gasteiger partial charge is 0.435 e. The Morgan fingerprint density at radius 3 is 2.55 bits per heavy atom. The number of aromatic nitrogens is 3. The summed E-state index contributed by atoms with van der Waals surface area (Å²) in [6.45, 7) is -0.240. The van der Waals surface area contributed by atoms with Crippen LogP contribution >= 0.6 is 15.9 Å². The normalized spacial score (nSPS) is 11.6. The molecule has 20 heavy (non-hydrogen) atoms. The van der Waals surface area contributed by atoms with Gasteiger partial charge in [0, 0.05) is 4.47 Å². The van der Waals surface area contributed by atoms with Gasteiger partial charge in [0.15, 0.2) is 5.69 Å². The summed E-state index contributed by atoms with van der Waals surface area (Å²) in [7, 11) is 0. The second kappa shape index (κ2) is 5.23. The van der Waals surface area contributed by atoms with E-state index < -0.39 is 23.5 Å². The predicted octanol–water partition coefficient (Wildman–Crippen LogP) is 2.81. The predicted molar refractivity (Wildman–Crippen MR) is 65.2 cm³/mol. The highest BCUT2D eigenvalue weighted by atomic mass is 79.9. The van der Waals surface area contributed by atoms with Crippen molar-refractivity contribution in [3.63, 3.8) is 0 Å². The summed E-state index contributed by atoms with van der Waals surface area (Å²) in [5.74, 6) is -1.77. The number of rotatable bonds is 3. The molecule has 0 radical (unpaired) electrons. The average Bonchev–Trinajstić information content (AvgIpc) is 2.76. The molecular weight excluding hydrogens is 343 g/mol. The van der Waals surface area contributed by atoms with Gasteiger partial charge >= 0.3 is 12.1 Å². The van der Waals surface area contributed by atoms with E-state index in [1.807, 2.05) is 0 Å². The molecule has 1 N–H and O–H groups in total. The van der Waals surface area contributed by atoms with E-state index in [-0.39, 0.29) is 6.54 Å². The van der Waals surface area contributed by atoms with Crippen molar-refractivity contribution in [2.24, 2.45) is 0 Å². The molecule has 0 unspecified atom stereocenters. The van der Waals surface area contributed by atoms with E-state index in [4.69, 9.17) is 5.11 Å². The fraction of sp³-hybridized carbons (Fsp3) is 0.182. The van der Waals surface area contributed by atoms with E-state index in [9.17, 15) is 18.0 Å². The lowest BCUT2D eigenvalue weighted by molar-refractivity contribution is -0.144. The monoisotopic (exact) mass is 349 g/mol. The second-order valence-corrected chi connectivity index (χ2v) is 4.69. The van der Waals surface area contributed by atoms with Gasteiger partial charge in [-0.2, -0.15) is 13.2 Å². The Morgan fingerprint density at radius 2 is 2.00 bits per heavy atom. The molecule has 0 spiro atoms. The van der Waals surface area contributed by atoms with Gasteiger partial charge in [0.25, 0.3) is 0 Å². The summed E-state index contributed by atoms with van der Waals surface area (Å²) < 4.78 is 39.9. The Bertz CT molecular complexity index is 655. The Morgan fingerprint density at radius 1 is 1.35 bits per heavy atom. The van der Waals surface area contributed by atoms with Gasteiger partial charge in [0.2, 0.25) is 5.69 Å². The summed E-state index contributed by atoms with van der Waals surface area (Å²) in [5, 5.41) is 15.1. The highest BCUT2D eigenvalue weighted by Crippen LogP contribution is 2.32. The molecule has 0 amide bonds. The van der Waals surface area contributed by atoms with Crippen molar-refractivity contribution < 1.29 is 23.1 Å². The van der Waals surface area contributed by atoms with Crippen LogP contribution in [-0.4, -0.2) is 26.1 Å². The third kappa shape index (κ3) is 2.82. The molecule has 0 aliphatic heterocycles. The van der Waals surface area contributed by atoms with Gasteiger partial charge in [-0.1, -0.05) is 39.3 Å². The van der Waals surface area contributed by atoms with Gasteiger partial charge in [-0.25, -0.2) is 9.48 Å². The van der Waals surface area contributed by atoms with E-state index in [1.165, 1.54) is 0 Å². The first-order valence-corrected chi connectivity index (χ1v) is 6.07. The first kappa shape index (κ1) is 14.5. The van der Waals surface area contributed by atoms with Gasteiger partial charge in [0.1, 0.15) is 0 Å². The molecule has 1 heterocycles. The molecule has 0 saturated carbocycles. The number of hydrogen-bond acceptors (Lipinski definition) is 3. The van der Waals surface area contributed by atoms with E-state index in [0.717, 1.165) is 0 Å². The Hall–Kier alpha value is -1.90. The van der Waals surface area contributed by atoms with Gasteiger partial charge in [0.05, 0.1) is 6.54 Å². The molecular formula is C11H7BrF3N3O2. The van der Waals surface area contributed by atoms with Crippen molar-refractivity contribution in [3.05, 3.63) is 45.7 Å². The summed E-state index contributed by atoms with van der Waals surface area (Å²) in [6.07, 6.45) is -4.85. The maximum absolute atomic E-state index is 12.9. The van der Waals surface area contributed by atoms with Crippen LogP contribution < -0.4 is 0 Å². The molecule has 9 heteroatoms. The SMILES string of the molecule is O=C(O)c1nnn(Cc2ccccc2Br)c1C(F)(F)F. The molecule has 2 aromatic rings. The zero-order valence-corrected chi connectivity index (χ0v) is 11.3. The number of hydrogen-bond donors (Lipinski definition) is 1. The summed E-state index contributed by atoms with van der Waals surface area (Å²) in [6, 6.07) is 6.63. The van der Waals surface area contributed by atoms with E-state index >= 15 is 0 Å². The van der Waals surface area contributed by atoms with Crippen LogP contribution in [0.25, 0.3) is 0 Å². The van der Waals surface area contributed by atoms with Crippen molar-refractivity contribution >= 4 is 21.9 Å². The summed E-state index contributed by atoms with van der Waals surface area (Å²) in [4.78, 5) is 10.8. The molecule has 0 atom stereocenters. The molecule has 2 rings (SSSR count). The van der Waals surface area contributed by atoms with Crippen LogP contribution in [0, 0.1) is 0 Å². The largest absolute Gasteiger partial charge is 0.476 e. The van der Waals surface area contributed by atoms with Crippen LogP contribution in [0.4, 0.5) is 13.2 Å². The van der Waals surface area contributed by atoms with Gasteiger partial charge in [-0.15, -0.1) is 5.10 Å². The van der Waals surface area contributed by atoms with E-state index in [0.29, 0.717) is 14.7 Å². The average molecular weight is 350 g/mol. The van der Waals surface area contributed by atoms with Crippen molar-refractivity contribution in [3.8, 4) is 0 Å². The minimum Gasteiger partial charge on any atom is -0.476 e. The lowest BCUT2D eigenvalue weighted by Crippen LogP contribution is -2.19. The fourth-order valence-corrected chi connectivity index (χ4v) is 2.05. The number of carboxylic acid groups (broad SMARTS) is 1. The van der Waals surface area contributed by atoms with Crippen molar-refractivity contribution in [1.29, 1.82) is 0 Å². The van der Waals surface area contributed by atoms with Crippen LogP contribution in [0.3, 0.4) is 0 Å². The van der Waals surface area contributed by atoms with Crippen LogP contribution in [0.1, 0.15) is 21.7 Å². The van der Waals surface area contributed by atoms with E-state index in [1.54, 1.807) is 24.3 Å². The van der Waals surface area contributed by atoms with Crippen LogP contribution in [0.5, 0.6) is 0 Å². The molecule has 0 fully saturated rings. The maximum Gasteiger partial charge on any atom is 0.435 e. The van der Waals surface area contributed by atoms with Crippen molar-refractivity contribution in [2.75, 3.05) is 0 Å². The lowest BCUT2D eigenvalue weighted by Gasteiger charge is -2.10. The Labute approximate surface area is 119 Å². The number of aromatic carboxylic acids is 1. The molecule has 0 saturated heterocycles. The molecule has 106 valence electrons. The van der Waals surface area contributed by atoms with Gasteiger partial charge in [-0.05, 0) is 11.6 Å². The maximum atomic E-state index is 12.9. The molecule has 0 bridgehead atoms. The molecule has 5 nitrogen and oxygen atoms in total. The Kier molecular flexibility index (Phi) is 3.80. The molecule has 0 aliphatic rings. The molecule has 0 aliphatic carbocycles. The summed E-state index contributed by atoms with van der Waals surface area (Å²) >= 11 is 3.21. The Balaban J connectivity index is 2.48. The highest BCUT2D eigenvalue weighted by molar-refractivity contribution is 9.10. The summed E-state index contributed by atoms with van der Waals surface area (Å²) in [5.41, 5.74) is -1.95. The van der Waals surface area contributed by atoms with Gasteiger partial charge < -0.3 is 5.11 Å². The quantitative estimate of drug-likeness (QED) is 0.925. The van der Waals surface area contributed by atoms with Crippen LogP contribution in [0.2, 0.25) is 0 Å². The topological polar surface area (TPSA) is 68.0 Å². The van der Waals surface area contributed by atoms with E-state index in [2.05, 4.69) is 26.2 Å². The minimum atomic E-state index is -4.85. The fourth-order valence-electron chi connectivity index (χ4n) is 1.64. The first-order valence-electron chi connectivity index (χ1n) is 5.28. The zero-order chi connectivity index (χ0) is 14.9. The molecule has 1 aromatic heterocycles. The number of carbonyl (C=O) groups is 1. The first-order chi connectivity index (χ1) is 9.30. The second-order valence-electron chi connectivity index (χ2n) is 3.84. The van der Waals surface area contributed by atoms with Crippen molar-refractivity contribution in [2.45, 2.75) is 12.7 Å². The number of halogens is 4. The number of carboxylic acids is 1. The number of nitrogens with zero attached hydrogens (tertiary/aromatic N) is 3. The third-order valence-electron chi connectivity index (χ3n) is 2.48. The number of benzene rings is 1. The van der Waals surface area contributed by atoms with Crippen LogP contribution in [0.15, 0.2) is 28.7 Å².